The van der Waals surface area contributed by atoms with E-state index in [-0.39, 0.29) is 11.4 Å². The lowest BCUT2D eigenvalue weighted by molar-refractivity contribution is -0.274. The third-order valence-electron chi connectivity index (χ3n) is 3.63. The molecule has 0 aliphatic rings. The molecular weight excluding hydrogens is 323 g/mol. The summed E-state index contributed by atoms with van der Waals surface area (Å²) in [5, 5.41) is 10.1. The number of carboxylic acid groups (broad SMARTS) is 1. The average Bonchev–Trinajstić information content (AvgIpc) is 2.88. The van der Waals surface area contributed by atoms with Gasteiger partial charge in [0.05, 0.1) is 0 Å². The summed E-state index contributed by atoms with van der Waals surface area (Å²) in [7, 11) is 0. The first kappa shape index (κ1) is 15.9. The lowest BCUT2D eigenvalue weighted by atomic mass is 10.0. The Morgan fingerprint density at radius 2 is 1.79 bits per heavy atom. The predicted molar refractivity (Wildman–Crippen MR) is 82.1 cm³/mol. The van der Waals surface area contributed by atoms with Crippen LogP contribution in [0.2, 0.25) is 0 Å². The molecule has 124 valence electrons. The topological polar surface area (TPSA) is 62.3 Å². The van der Waals surface area contributed by atoms with Crippen LogP contribution in [0.1, 0.15) is 16.1 Å². The highest BCUT2D eigenvalue weighted by Crippen LogP contribution is 2.35. The van der Waals surface area contributed by atoms with E-state index < -0.39 is 12.3 Å². The fourth-order valence-corrected chi connectivity index (χ4v) is 2.65. The number of hydrogen-bond donors (Lipinski definition) is 2. The van der Waals surface area contributed by atoms with E-state index >= 15 is 0 Å². The molecule has 2 aromatic carbocycles. The lowest BCUT2D eigenvalue weighted by Crippen LogP contribution is -2.16. The zero-order chi connectivity index (χ0) is 17.5. The highest BCUT2D eigenvalue weighted by Gasteiger charge is 2.31. The second kappa shape index (κ2) is 5.59. The Morgan fingerprint density at radius 1 is 1.12 bits per heavy atom. The van der Waals surface area contributed by atoms with Crippen molar-refractivity contribution in [1.29, 1.82) is 0 Å². The third kappa shape index (κ3) is 2.92. The average molecular weight is 335 g/mol. The number of nitrogens with one attached hydrogen (secondary N) is 1. The summed E-state index contributed by atoms with van der Waals surface area (Å²) < 4.78 is 40.5. The molecule has 0 fully saturated rings. The van der Waals surface area contributed by atoms with E-state index in [2.05, 4.69) is 9.72 Å². The molecule has 0 aliphatic carbocycles. The van der Waals surface area contributed by atoms with Gasteiger partial charge in [-0.05, 0) is 30.2 Å². The van der Waals surface area contributed by atoms with E-state index in [0.29, 0.717) is 22.0 Å². The monoisotopic (exact) mass is 335 g/mol. The summed E-state index contributed by atoms with van der Waals surface area (Å²) in [6.07, 6.45) is -4.77. The van der Waals surface area contributed by atoms with Crippen molar-refractivity contribution < 1.29 is 27.8 Å². The lowest BCUT2D eigenvalue weighted by Gasteiger charge is -2.09. The van der Waals surface area contributed by atoms with Gasteiger partial charge in [-0.1, -0.05) is 30.3 Å². The van der Waals surface area contributed by atoms with Gasteiger partial charge in [0.25, 0.3) is 0 Å². The number of H-pyrrole nitrogens is 1. The molecule has 0 spiro atoms. The summed E-state index contributed by atoms with van der Waals surface area (Å²) in [6.45, 7) is 1.84. The van der Waals surface area contributed by atoms with Crippen LogP contribution in [0.4, 0.5) is 13.2 Å². The molecule has 3 aromatic rings. The first-order valence-electron chi connectivity index (χ1n) is 6.97. The number of para-hydroxylation sites is 1. The van der Waals surface area contributed by atoms with Crippen molar-refractivity contribution in [1.82, 2.24) is 4.98 Å². The molecule has 0 amide bonds. The van der Waals surface area contributed by atoms with Gasteiger partial charge >= 0.3 is 12.3 Å². The Balaban J connectivity index is 2.13. The Labute approximate surface area is 134 Å². The SMILES string of the molecule is Cc1cccc2c(-c3ccc(OC(F)(F)F)cc3)c(C(=O)O)[nH]c12. The number of fused-ring (bicyclic) bond motifs is 1. The minimum absolute atomic E-state index is 0.0104. The first-order chi connectivity index (χ1) is 11.3. The van der Waals surface area contributed by atoms with Crippen LogP contribution >= 0.6 is 0 Å². The first-order valence-corrected chi connectivity index (χ1v) is 6.97. The number of aromatic nitrogens is 1. The molecule has 1 aromatic heterocycles. The molecule has 0 radical (unpaired) electrons. The molecule has 4 nitrogen and oxygen atoms in total. The minimum Gasteiger partial charge on any atom is -0.477 e. The molecule has 0 saturated carbocycles. The van der Waals surface area contributed by atoms with Crippen LogP contribution in [-0.4, -0.2) is 22.4 Å². The van der Waals surface area contributed by atoms with Gasteiger partial charge in [0.15, 0.2) is 0 Å². The van der Waals surface area contributed by atoms with Gasteiger partial charge in [0.1, 0.15) is 11.4 Å². The van der Waals surface area contributed by atoms with Gasteiger partial charge in [-0.3, -0.25) is 0 Å². The quantitative estimate of drug-likeness (QED) is 0.727. The maximum Gasteiger partial charge on any atom is 0.573 e. The summed E-state index contributed by atoms with van der Waals surface area (Å²) in [6, 6.07) is 10.5. The maximum absolute atomic E-state index is 12.2. The molecule has 0 aliphatic heterocycles. The number of aromatic carboxylic acids is 1. The van der Waals surface area contributed by atoms with Crippen molar-refractivity contribution in [3.05, 3.63) is 53.7 Å². The van der Waals surface area contributed by atoms with Crippen LogP contribution in [0.25, 0.3) is 22.0 Å². The number of rotatable bonds is 3. The number of carbonyl (C=O) groups is 1. The summed E-state index contributed by atoms with van der Waals surface area (Å²) in [5.41, 5.74) is 2.46. The molecule has 0 unspecified atom stereocenters. The summed E-state index contributed by atoms with van der Waals surface area (Å²) in [5.74, 6) is -1.50. The van der Waals surface area contributed by atoms with E-state index in [1.54, 1.807) is 12.1 Å². The van der Waals surface area contributed by atoms with E-state index in [1.807, 2.05) is 13.0 Å². The van der Waals surface area contributed by atoms with Crippen molar-refractivity contribution in [3.63, 3.8) is 0 Å². The number of aromatic amines is 1. The van der Waals surface area contributed by atoms with Crippen molar-refractivity contribution in [3.8, 4) is 16.9 Å². The number of ether oxygens (including phenoxy) is 1. The van der Waals surface area contributed by atoms with Crippen LogP contribution in [0.15, 0.2) is 42.5 Å². The number of hydrogen-bond acceptors (Lipinski definition) is 2. The molecule has 1 heterocycles. The molecule has 2 N–H and O–H groups in total. The maximum atomic E-state index is 12.2. The van der Waals surface area contributed by atoms with Crippen LogP contribution in [0, 0.1) is 6.92 Å². The van der Waals surface area contributed by atoms with Crippen molar-refractivity contribution in [2.24, 2.45) is 0 Å². The Kier molecular flexibility index (Phi) is 3.71. The second-order valence-corrected chi connectivity index (χ2v) is 5.25. The van der Waals surface area contributed by atoms with E-state index in [9.17, 15) is 23.1 Å². The standard InChI is InChI=1S/C17H12F3NO3/c1-9-3-2-4-12-13(15(16(22)23)21-14(9)12)10-5-7-11(8-6-10)24-17(18,19)20/h2-8,21H,1H3,(H,22,23). The van der Waals surface area contributed by atoms with Gasteiger partial charge in [0.2, 0.25) is 0 Å². The van der Waals surface area contributed by atoms with E-state index in [4.69, 9.17) is 0 Å². The number of carboxylic acids is 1. The van der Waals surface area contributed by atoms with Crippen LogP contribution in [0.3, 0.4) is 0 Å². The molecule has 0 bridgehead atoms. The number of aryl methyl sites for hydroxylation is 1. The molecule has 0 saturated heterocycles. The molecule has 0 atom stereocenters. The van der Waals surface area contributed by atoms with Crippen LogP contribution in [0.5, 0.6) is 5.75 Å². The second-order valence-electron chi connectivity index (χ2n) is 5.25. The van der Waals surface area contributed by atoms with Crippen LogP contribution in [-0.2, 0) is 0 Å². The summed E-state index contributed by atoms with van der Waals surface area (Å²) >= 11 is 0. The number of alkyl halides is 3. The molecule has 24 heavy (non-hydrogen) atoms. The molecule has 3 rings (SSSR count). The van der Waals surface area contributed by atoms with Crippen molar-refractivity contribution in [2.75, 3.05) is 0 Å². The Bertz CT molecular complexity index is 911. The number of benzene rings is 2. The van der Waals surface area contributed by atoms with Crippen molar-refractivity contribution >= 4 is 16.9 Å². The van der Waals surface area contributed by atoms with Crippen molar-refractivity contribution in [2.45, 2.75) is 13.3 Å². The highest BCUT2D eigenvalue weighted by molar-refractivity contribution is 6.08. The third-order valence-corrected chi connectivity index (χ3v) is 3.63. The van der Waals surface area contributed by atoms with E-state index in [0.717, 1.165) is 17.7 Å². The van der Waals surface area contributed by atoms with E-state index in [1.165, 1.54) is 12.1 Å². The van der Waals surface area contributed by atoms with Gasteiger partial charge in [-0.15, -0.1) is 13.2 Å². The highest BCUT2D eigenvalue weighted by atomic mass is 19.4. The fourth-order valence-electron chi connectivity index (χ4n) is 2.65. The van der Waals surface area contributed by atoms with Gasteiger partial charge in [-0.25, -0.2) is 4.79 Å². The normalized spacial score (nSPS) is 11.7. The van der Waals surface area contributed by atoms with Gasteiger partial charge in [0, 0.05) is 16.5 Å². The Hall–Kier alpha value is -2.96. The zero-order valence-electron chi connectivity index (χ0n) is 12.4. The smallest absolute Gasteiger partial charge is 0.477 e. The van der Waals surface area contributed by atoms with Gasteiger partial charge < -0.3 is 14.8 Å². The summed E-state index contributed by atoms with van der Waals surface area (Å²) in [4.78, 5) is 14.4. The largest absolute Gasteiger partial charge is 0.573 e. The zero-order valence-corrected chi connectivity index (χ0v) is 12.4. The fraction of sp³-hybridized carbons (Fsp3) is 0.118. The minimum atomic E-state index is -4.77. The van der Waals surface area contributed by atoms with Crippen LogP contribution < -0.4 is 4.74 Å². The predicted octanol–water partition coefficient (Wildman–Crippen LogP) is 4.74. The molecular formula is C17H12F3NO3. The number of halogens is 3. The molecule has 7 heteroatoms. The Morgan fingerprint density at radius 3 is 2.38 bits per heavy atom. The van der Waals surface area contributed by atoms with Gasteiger partial charge in [-0.2, -0.15) is 0 Å².